The van der Waals surface area contributed by atoms with Crippen LogP contribution in [0, 0.1) is 11.6 Å². The standard InChI is InChI=1S/C45H37ClF2N8O6S/c1-4-23-25-14-22(6-9-32(25)52-36-27(23)17-56-33(36)16-29-28(42(56)58)19-62-43(59)45(29,60)5-2)61-18-21(3)41(57)55-12-10-54(11-13-55)40-26-15-30(46)34(35(48)37(26)50-20-51-40)24-7-8-31(47)39-38(24)53-44(49)63-39/h6-9,14-16,20,60H,3-5,10-13,17-19H2,1-2H3,(H2,49,53). The Morgan fingerprint density at radius 3 is 2.59 bits per heavy atom. The number of anilines is 2. The van der Waals surface area contributed by atoms with Crippen molar-refractivity contribution < 1.29 is 33.0 Å². The summed E-state index contributed by atoms with van der Waals surface area (Å²) < 4.78 is 44.0. The topological polar surface area (TPSA) is 179 Å². The van der Waals surface area contributed by atoms with E-state index >= 15 is 4.39 Å². The zero-order valence-electron chi connectivity index (χ0n) is 33.9. The third-order valence-corrected chi connectivity index (χ3v) is 13.5. The zero-order valence-corrected chi connectivity index (χ0v) is 35.5. The van der Waals surface area contributed by atoms with Crippen molar-refractivity contribution in [2.24, 2.45) is 0 Å². The molecule has 18 heteroatoms. The minimum absolute atomic E-state index is 0.0283. The van der Waals surface area contributed by atoms with E-state index < -0.39 is 23.2 Å². The molecular weight excluding hydrogens is 854 g/mol. The van der Waals surface area contributed by atoms with E-state index in [4.69, 9.17) is 31.8 Å². The van der Waals surface area contributed by atoms with Gasteiger partial charge in [-0.3, -0.25) is 9.59 Å². The highest BCUT2D eigenvalue weighted by molar-refractivity contribution is 7.22. The van der Waals surface area contributed by atoms with Gasteiger partial charge in [0, 0.05) is 64.8 Å². The van der Waals surface area contributed by atoms with Crippen LogP contribution in [-0.2, 0) is 39.5 Å². The lowest BCUT2D eigenvalue weighted by molar-refractivity contribution is -0.172. The summed E-state index contributed by atoms with van der Waals surface area (Å²) in [4.78, 5) is 61.5. The molecule has 1 unspecified atom stereocenters. The molecule has 3 aliphatic heterocycles. The lowest BCUT2D eigenvalue weighted by Gasteiger charge is -2.36. The summed E-state index contributed by atoms with van der Waals surface area (Å²) in [5, 5.41) is 12.7. The van der Waals surface area contributed by atoms with Gasteiger partial charge in [0.1, 0.15) is 42.4 Å². The molecule has 320 valence electrons. The maximum Gasteiger partial charge on any atom is 0.343 e. The summed E-state index contributed by atoms with van der Waals surface area (Å²) in [5.74, 6) is -1.30. The van der Waals surface area contributed by atoms with Crippen molar-refractivity contribution >= 4 is 77.8 Å². The number of esters is 1. The molecule has 0 bridgehead atoms. The van der Waals surface area contributed by atoms with Gasteiger partial charge in [0.05, 0.1) is 44.3 Å². The number of halogens is 3. The zero-order chi connectivity index (χ0) is 44.1. The number of hydrogen-bond donors (Lipinski definition) is 2. The number of amides is 1. The molecule has 0 saturated carbocycles. The third-order valence-electron chi connectivity index (χ3n) is 12.3. The van der Waals surface area contributed by atoms with Crippen LogP contribution in [0.25, 0.3) is 54.5 Å². The van der Waals surface area contributed by atoms with Crippen molar-refractivity contribution in [1.82, 2.24) is 29.4 Å². The van der Waals surface area contributed by atoms with Gasteiger partial charge in [-0.25, -0.2) is 33.5 Å². The molecule has 1 saturated heterocycles. The van der Waals surface area contributed by atoms with Gasteiger partial charge in [-0.15, -0.1) is 0 Å². The normalized spacial score (nSPS) is 17.0. The number of hydrogen-bond acceptors (Lipinski definition) is 13. The number of cyclic esters (lactones) is 1. The summed E-state index contributed by atoms with van der Waals surface area (Å²) in [7, 11) is 0. The van der Waals surface area contributed by atoms with E-state index in [1.54, 1.807) is 34.6 Å². The Hall–Kier alpha value is -6.56. The molecule has 7 aromatic rings. The predicted molar refractivity (Wildman–Crippen MR) is 235 cm³/mol. The molecule has 0 aliphatic carbocycles. The number of rotatable bonds is 8. The van der Waals surface area contributed by atoms with Gasteiger partial charge in [-0.1, -0.05) is 43.4 Å². The highest BCUT2D eigenvalue weighted by atomic mass is 35.5. The third kappa shape index (κ3) is 6.31. The van der Waals surface area contributed by atoms with E-state index in [0.717, 1.165) is 27.8 Å². The highest BCUT2D eigenvalue weighted by Crippen LogP contribution is 2.43. The fourth-order valence-corrected chi connectivity index (χ4v) is 10.1. The van der Waals surface area contributed by atoms with E-state index in [0.29, 0.717) is 72.0 Å². The predicted octanol–water partition coefficient (Wildman–Crippen LogP) is 6.66. The molecule has 10 rings (SSSR count). The molecule has 3 aliphatic rings. The van der Waals surface area contributed by atoms with Crippen molar-refractivity contribution in [3.8, 4) is 28.3 Å². The van der Waals surface area contributed by atoms with Gasteiger partial charge in [0.2, 0.25) is 0 Å². The maximum atomic E-state index is 16.3. The number of fused-ring (bicyclic) bond motifs is 7. The Labute approximate surface area is 366 Å². The summed E-state index contributed by atoms with van der Waals surface area (Å²) in [6.45, 7) is 9.16. The first-order valence-corrected chi connectivity index (χ1v) is 21.5. The first-order chi connectivity index (χ1) is 30.3. The molecule has 1 atom stereocenters. The molecule has 1 amide bonds. The van der Waals surface area contributed by atoms with Crippen LogP contribution < -0.4 is 20.9 Å². The fraction of sp³-hybridized carbons (Fsp3) is 0.267. The first kappa shape index (κ1) is 40.5. The Kier molecular flexibility index (Phi) is 9.69. The molecule has 0 spiro atoms. The van der Waals surface area contributed by atoms with Crippen LogP contribution in [0.3, 0.4) is 0 Å². The highest BCUT2D eigenvalue weighted by Gasteiger charge is 2.45. The number of carbonyl (C=O) groups is 2. The van der Waals surface area contributed by atoms with Crippen LogP contribution in [0.2, 0.25) is 5.02 Å². The van der Waals surface area contributed by atoms with E-state index in [9.17, 15) is 23.9 Å². The number of nitrogen functional groups attached to an aromatic ring is 1. The molecule has 7 heterocycles. The number of aromatic nitrogens is 5. The second-order valence-electron chi connectivity index (χ2n) is 15.7. The molecule has 63 heavy (non-hydrogen) atoms. The summed E-state index contributed by atoms with van der Waals surface area (Å²) in [6.07, 6.45) is 1.95. The summed E-state index contributed by atoms with van der Waals surface area (Å²) in [6, 6.07) is 11.4. The van der Waals surface area contributed by atoms with E-state index in [1.165, 1.54) is 18.5 Å². The number of aryl methyl sites for hydroxylation is 1. The first-order valence-electron chi connectivity index (χ1n) is 20.3. The Bertz CT molecular complexity index is 3220. The van der Waals surface area contributed by atoms with Crippen molar-refractivity contribution in [1.29, 1.82) is 0 Å². The number of pyridine rings is 2. The second kappa shape index (κ2) is 15.1. The van der Waals surface area contributed by atoms with Crippen LogP contribution in [0.5, 0.6) is 5.75 Å². The van der Waals surface area contributed by atoms with Crippen LogP contribution in [-0.4, -0.2) is 79.2 Å². The molecular formula is C45H37ClF2N8O6S. The Morgan fingerprint density at radius 2 is 1.83 bits per heavy atom. The van der Waals surface area contributed by atoms with Crippen molar-refractivity contribution in [2.75, 3.05) is 43.4 Å². The SMILES string of the molecule is C=C(COc1ccc2nc3c(c(CC)c2c1)Cn1c-3cc2c(c1=O)COC(=O)C2(O)CC)C(=O)N1CCN(c2ncnc3c(F)c(-c4ccc(F)c5sc(N)nc45)c(Cl)cc23)CC1. The van der Waals surface area contributed by atoms with Gasteiger partial charge in [0.15, 0.2) is 16.5 Å². The van der Waals surface area contributed by atoms with Crippen molar-refractivity contribution in [3.05, 3.63) is 110 Å². The van der Waals surface area contributed by atoms with Crippen molar-refractivity contribution in [3.63, 3.8) is 0 Å². The lowest BCUT2D eigenvalue weighted by atomic mass is 9.86. The van der Waals surface area contributed by atoms with E-state index in [-0.39, 0.29) is 85.8 Å². The number of ether oxygens (including phenoxy) is 2. The van der Waals surface area contributed by atoms with Crippen LogP contribution in [0.15, 0.2) is 65.7 Å². The largest absolute Gasteiger partial charge is 0.489 e. The minimum atomic E-state index is -1.92. The Morgan fingerprint density at radius 1 is 1.03 bits per heavy atom. The van der Waals surface area contributed by atoms with Crippen LogP contribution >= 0.6 is 22.9 Å². The number of nitrogens with two attached hydrogens (primary N) is 1. The van der Waals surface area contributed by atoms with Gasteiger partial charge in [0.25, 0.3) is 11.5 Å². The molecule has 3 N–H and O–H groups in total. The van der Waals surface area contributed by atoms with Crippen LogP contribution in [0.4, 0.5) is 19.7 Å². The monoisotopic (exact) mass is 890 g/mol. The maximum absolute atomic E-state index is 16.3. The average molecular weight is 891 g/mol. The number of nitrogens with zero attached hydrogens (tertiary/aromatic N) is 7. The van der Waals surface area contributed by atoms with E-state index in [2.05, 4.69) is 21.5 Å². The molecule has 0 radical (unpaired) electrons. The second-order valence-corrected chi connectivity index (χ2v) is 17.1. The minimum Gasteiger partial charge on any atom is -0.489 e. The Balaban J connectivity index is 0.836. The van der Waals surface area contributed by atoms with Crippen molar-refractivity contribution in [2.45, 2.75) is 45.4 Å². The smallest absolute Gasteiger partial charge is 0.343 e. The lowest BCUT2D eigenvalue weighted by Crippen LogP contribution is -2.49. The quantitative estimate of drug-likeness (QED) is 0.123. The van der Waals surface area contributed by atoms with E-state index in [1.807, 2.05) is 24.0 Å². The molecule has 3 aromatic carbocycles. The van der Waals surface area contributed by atoms with Gasteiger partial charge in [-0.05, 0) is 60.9 Å². The summed E-state index contributed by atoms with van der Waals surface area (Å²) >= 11 is 7.69. The summed E-state index contributed by atoms with van der Waals surface area (Å²) in [5.41, 5.74) is 8.63. The molecule has 1 fully saturated rings. The van der Waals surface area contributed by atoms with Gasteiger partial charge in [-0.2, -0.15) is 0 Å². The van der Waals surface area contributed by atoms with Gasteiger partial charge >= 0.3 is 5.97 Å². The number of carbonyl (C=O) groups excluding carboxylic acids is 2. The number of thiazole rings is 1. The fourth-order valence-electron chi connectivity index (χ4n) is 9.02. The van der Waals surface area contributed by atoms with Gasteiger partial charge < -0.3 is 34.7 Å². The molecule has 14 nitrogen and oxygen atoms in total. The number of benzene rings is 3. The molecule has 4 aromatic heterocycles. The van der Waals surface area contributed by atoms with Crippen LogP contribution in [0.1, 0.15) is 42.5 Å². The average Bonchev–Trinajstić information content (AvgIpc) is 3.87. The number of aliphatic hydroxyl groups is 1. The number of piperazine rings is 1.